The zero-order chi connectivity index (χ0) is 12.1. The predicted molar refractivity (Wildman–Crippen MR) is 59.9 cm³/mol. The summed E-state index contributed by atoms with van der Waals surface area (Å²) in [4.78, 5) is 24.3. The summed E-state index contributed by atoms with van der Waals surface area (Å²) in [5, 5.41) is 2.90. The maximum Gasteiger partial charge on any atom is 0.322 e. The molecule has 0 aromatic rings. The van der Waals surface area contributed by atoms with Crippen molar-refractivity contribution in [3.8, 4) is 0 Å². The molecule has 1 amide bonds. The molecule has 1 saturated heterocycles. The Kier molecular flexibility index (Phi) is 4.73. The van der Waals surface area contributed by atoms with Crippen molar-refractivity contribution in [2.45, 2.75) is 38.8 Å². The van der Waals surface area contributed by atoms with Gasteiger partial charge in [-0.05, 0) is 19.8 Å². The molecule has 1 heterocycles. The molecule has 1 N–H and O–H groups in total. The molecule has 0 radical (unpaired) electrons. The molecule has 0 aromatic carbocycles. The summed E-state index contributed by atoms with van der Waals surface area (Å²) in [5.74, 6) is -0.183. The van der Waals surface area contributed by atoms with Crippen LogP contribution in [0.2, 0.25) is 0 Å². The molecular formula is C11H20N2O3. The number of hydrogen-bond acceptors (Lipinski definition) is 4. The number of ether oxygens (including phenoxy) is 1. The molecule has 0 bridgehead atoms. The van der Waals surface area contributed by atoms with Gasteiger partial charge in [0.25, 0.3) is 0 Å². The highest BCUT2D eigenvalue weighted by atomic mass is 16.5. The van der Waals surface area contributed by atoms with Gasteiger partial charge in [-0.2, -0.15) is 0 Å². The maximum atomic E-state index is 11.3. The highest BCUT2D eigenvalue weighted by Gasteiger charge is 2.27. The minimum absolute atomic E-state index is 0.0134. The van der Waals surface area contributed by atoms with Gasteiger partial charge in [0.15, 0.2) is 0 Å². The second kappa shape index (κ2) is 5.84. The summed E-state index contributed by atoms with van der Waals surface area (Å²) < 4.78 is 4.71. The van der Waals surface area contributed by atoms with Crippen molar-refractivity contribution in [2.75, 3.05) is 20.2 Å². The molecule has 1 aliphatic heterocycles. The summed E-state index contributed by atoms with van der Waals surface area (Å²) in [6.07, 6.45) is 1.78. The van der Waals surface area contributed by atoms with E-state index in [2.05, 4.69) is 10.2 Å². The van der Waals surface area contributed by atoms with Gasteiger partial charge in [-0.25, -0.2) is 0 Å². The standard InChI is InChI=1S/C11H20N2O3/c1-8(11(15)16-3)13-6-4-10(5-7-13)12-9(2)14/h8,10H,4-7H2,1-3H3,(H,12,14). The zero-order valence-corrected chi connectivity index (χ0v) is 10.2. The van der Waals surface area contributed by atoms with Crippen molar-refractivity contribution < 1.29 is 14.3 Å². The van der Waals surface area contributed by atoms with E-state index in [0.29, 0.717) is 0 Å². The van der Waals surface area contributed by atoms with Crippen LogP contribution >= 0.6 is 0 Å². The van der Waals surface area contributed by atoms with Gasteiger partial charge < -0.3 is 10.1 Å². The number of likely N-dealkylation sites (tertiary alicyclic amines) is 1. The van der Waals surface area contributed by atoms with Crippen LogP contribution < -0.4 is 5.32 Å². The van der Waals surface area contributed by atoms with E-state index in [4.69, 9.17) is 4.74 Å². The van der Waals surface area contributed by atoms with Crippen molar-refractivity contribution in [1.29, 1.82) is 0 Å². The summed E-state index contributed by atoms with van der Waals surface area (Å²) in [7, 11) is 1.41. The van der Waals surface area contributed by atoms with Gasteiger partial charge in [0.1, 0.15) is 6.04 Å². The van der Waals surface area contributed by atoms with E-state index in [0.717, 1.165) is 25.9 Å². The first-order valence-corrected chi connectivity index (χ1v) is 5.63. The third-order valence-electron chi connectivity index (χ3n) is 3.03. The van der Waals surface area contributed by atoms with Gasteiger partial charge in [0.05, 0.1) is 7.11 Å². The van der Waals surface area contributed by atoms with Crippen LogP contribution in [0.15, 0.2) is 0 Å². The molecule has 5 nitrogen and oxygen atoms in total. The van der Waals surface area contributed by atoms with E-state index in [1.165, 1.54) is 14.0 Å². The third-order valence-corrected chi connectivity index (χ3v) is 3.03. The highest BCUT2D eigenvalue weighted by molar-refractivity contribution is 5.75. The van der Waals surface area contributed by atoms with Crippen LogP contribution in [-0.2, 0) is 14.3 Å². The topological polar surface area (TPSA) is 58.6 Å². The van der Waals surface area contributed by atoms with Gasteiger partial charge in [-0.15, -0.1) is 0 Å². The molecule has 16 heavy (non-hydrogen) atoms. The first-order chi connectivity index (χ1) is 7.54. The lowest BCUT2D eigenvalue weighted by Crippen LogP contribution is -2.49. The largest absolute Gasteiger partial charge is 0.468 e. The van der Waals surface area contributed by atoms with Crippen LogP contribution in [0.5, 0.6) is 0 Å². The molecular weight excluding hydrogens is 208 g/mol. The zero-order valence-electron chi connectivity index (χ0n) is 10.2. The number of rotatable bonds is 3. The number of methoxy groups -OCH3 is 1. The highest BCUT2D eigenvalue weighted by Crippen LogP contribution is 2.13. The van der Waals surface area contributed by atoms with Crippen LogP contribution in [0.25, 0.3) is 0 Å². The number of carbonyl (C=O) groups excluding carboxylic acids is 2. The number of hydrogen-bond donors (Lipinski definition) is 1. The van der Waals surface area contributed by atoms with Crippen LogP contribution in [0, 0.1) is 0 Å². The smallest absolute Gasteiger partial charge is 0.322 e. The molecule has 0 saturated carbocycles. The Morgan fingerprint density at radius 2 is 1.94 bits per heavy atom. The summed E-state index contributed by atoms with van der Waals surface area (Å²) in [6.45, 7) is 5.02. The molecule has 0 aromatic heterocycles. The van der Waals surface area contributed by atoms with E-state index in [9.17, 15) is 9.59 Å². The predicted octanol–water partition coefficient (Wildman–Crippen LogP) is 0.148. The maximum absolute atomic E-state index is 11.3. The van der Waals surface area contributed by atoms with Gasteiger partial charge in [-0.3, -0.25) is 14.5 Å². The van der Waals surface area contributed by atoms with Crippen LogP contribution in [0.1, 0.15) is 26.7 Å². The van der Waals surface area contributed by atoms with E-state index in [-0.39, 0.29) is 24.0 Å². The molecule has 1 unspecified atom stereocenters. The molecule has 0 spiro atoms. The SMILES string of the molecule is COC(=O)C(C)N1CCC(NC(C)=O)CC1. The van der Waals surface area contributed by atoms with Gasteiger partial charge in [0.2, 0.25) is 5.91 Å². The Hall–Kier alpha value is -1.10. The van der Waals surface area contributed by atoms with E-state index in [1.54, 1.807) is 0 Å². The lowest BCUT2D eigenvalue weighted by Gasteiger charge is -2.34. The minimum Gasteiger partial charge on any atom is -0.468 e. The van der Waals surface area contributed by atoms with Gasteiger partial charge in [0, 0.05) is 26.1 Å². The Labute approximate surface area is 96.1 Å². The number of piperidine rings is 1. The van der Waals surface area contributed by atoms with Crippen LogP contribution in [-0.4, -0.2) is 49.1 Å². The van der Waals surface area contributed by atoms with E-state index in [1.807, 2.05) is 6.92 Å². The lowest BCUT2D eigenvalue weighted by molar-refractivity contribution is -0.146. The second-order valence-electron chi connectivity index (χ2n) is 4.21. The molecule has 0 aliphatic carbocycles. The van der Waals surface area contributed by atoms with Gasteiger partial charge in [-0.1, -0.05) is 0 Å². The molecule has 1 rings (SSSR count). The fourth-order valence-corrected chi connectivity index (χ4v) is 2.04. The van der Waals surface area contributed by atoms with E-state index < -0.39 is 0 Å². The minimum atomic E-state index is -0.196. The Balaban J connectivity index is 2.36. The summed E-state index contributed by atoms with van der Waals surface area (Å²) >= 11 is 0. The van der Waals surface area contributed by atoms with Crippen molar-refractivity contribution in [3.63, 3.8) is 0 Å². The normalized spacial score (nSPS) is 20.2. The number of esters is 1. The van der Waals surface area contributed by atoms with Crippen molar-refractivity contribution in [3.05, 3.63) is 0 Å². The number of amides is 1. The Morgan fingerprint density at radius 1 is 1.38 bits per heavy atom. The molecule has 1 aliphatic rings. The van der Waals surface area contributed by atoms with E-state index >= 15 is 0 Å². The van der Waals surface area contributed by atoms with Crippen LogP contribution in [0.3, 0.4) is 0 Å². The molecule has 1 fully saturated rings. The third kappa shape index (κ3) is 3.48. The first kappa shape index (κ1) is 13.0. The van der Waals surface area contributed by atoms with Crippen molar-refractivity contribution in [1.82, 2.24) is 10.2 Å². The number of nitrogens with one attached hydrogen (secondary N) is 1. The van der Waals surface area contributed by atoms with Crippen LogP contribution in [0.4, 0.5) is 0 Å². The molecule has 1 atom stereocenters. The fraction of sp³-hybridized carbons (Fsp3) is 0.818. The fourth-order valence-electron chi connectivity index (χ4n) is 2.04. The first-order valence-electron chi connectivity index (χ1n) is 5.63. The van der Waals surface area contributed by atoms with Gasteiger partial charge >= 0.3 is 5.97 Å². The quantitative estimate of drug-likeness (QED) is 0.698. The lowest BCUT2D eigenvalue weighted by atomic mass is 10.0. The summed E-state index contributed by atoms with van der Waals surface area (Å²) in [5.41, 5.74) is 0. The number of nitrogens with zero attached hydrogens (tertiary/aromatic N) is 1. The monoisotopic (exact) mass is 228 g/mol. The average Bonchev–Trinajstić information content (AvgIpc) is 2.27. The molecule has 5 heteroatoms. The second-order valence-corrected chi connectivity index (χ2v) is 4.21. The Bertz CT molecular complexity index is 260. The molecule has 92 valence electrons. The van der Waals surface area contributed by atoms with Crippen molar-refractivity contribution in [2.24, 2.45) is 0 Å². The summed E-state index contributed by atoms with van der Waals surface area (Å²) in [6, 6.07) is 0.0573. The Morgan fingerprint density at radius 3 is 2.38 bits per heavy atom. The van der Waals surface area contributed by atoms with Crippen molar-refractivity contribution >= 4 is 11.9 Å². The average molecular weight is 228 g/mol. The number of carbonyl (C=O) groups is 2.